The van der Waals surface area contributed by atoms with Crippen molar-refractivity contribution in [2.24, 2.45) is 0 Å². The van der Waals surface area contributed by atoms with Crippen molar-refractivity contribution in [3.63, 3.8) is 0 Å². The molecule has 0 atom stereocenters. The summed E-state index contributed by atoms with van der Waals surface area (Å²) in [6.07, 6.45) is 0.863. The maximum atomic E-state index is 12.1. The Morgan fingerprint density at radius 3 is 2.75 bits per heavy atom. The van der Waals surface area contributed by atoms with Gasteiger partial charge in [-0.25, -0.2) is 0 Å². The number of hydrogen-bond donors (Lipinski definition) is 1. The van der Waals surface area contributed by atoms with Crippen LogP contribution in [0.15, 0.2) is 46.9 Å². The standard InChI is InChI=1S/C18H18BrNO3S/c19-15-5-2-1-4-13(15)11-24-12-18(21)20-14-6-7-16-17(10-14)23-9-3-8-22-16/h1-2,4-7,10H,3,8-9,11-12H2,(H,20,21). The van der Waals surface area contributed by atoms with Gasteiger partial charge in [0, 0.05) is 28.4 Å². The number of rotatable bonds is 5. The zero-order chi connectivity index (χ0) is 16.8. The van der Waals surface area contributed by atoms with Crippen LogP contribution in [0.25, 0.3) is 0 Å². The van der Waals surface area contributed by atoms with Gasteiger partial charge in [0.2, 0.25) is 5.91 Å². The Labute approximate surface area is 154 Å². The van der Waals surface area contributed by atoms with Crippen molar-refractivity contribution in [2.45, 2.75) is 12.2 Å². The molecule has 0 aromatic heterocycles. The third kappa shape index (κ3) is 4.68. The van der Waals surface area contributed by atoms with E-state index in [1.165, 1.54) is 5.56 Å². The zero-order valence-corrected chi connectivity index (χ0v) is 15.5. The fraction of sp³-hybridized carbons (Fsp3) is 0.278. The molecule has 1 N–H and O–H groups in total. The molecule has 0 saturated carbocycles. The molecule has 1 heterocycles. The quantitative estimate of drug-likeness (QED) is 0.793. The fourth-order valence-corrected chi connectivity index (χ4v) is 3.75. The lowest BCUT2D eigenvalue weighted by Crippen LogP contribution is -2.14. The van der Waals surface area contributed by atoms with E-state index in [9.17, 15) is 4.79 Å². The van der Waals surface area contributed by atoms with Crippen molar-refractivity contribution in [3.05, 3.63) is 52.5 Å². The minimum atomic E-state index is -0.0263. The molecule has 1 aliphatic rings. The Morgan fingerprint density at radius 1 is 1.12 bits per heavy atom. The first-order valence-corrected chi connectivity index (χ1v) is 9.68. The van der Waals surface area contributed by atoms with E-state index in [4.69, 9.17) is 9.47 Å². The van der Waals surface area contributed by atoms with Crippen LogP contribution in [0.3, 0.4) is 0 Å². The summed E-state index contributed by atoms with van der Waals surface area (Å²) < 4.78 is 12.3. The fourth-order valence-electron chi connectivity index (χ4n) is 2.31. The van der Waals surface area contributed by atoms with E-state index in [-0.39, 0.29) is 5.91 Å². The summed E-state index contributed by atoms with van der Waals surface area (Å²) >= 11 is 5.10. The highest BCUT2D eigenvalue weighted by atomic mass is 79.9. The lowest BCUT2D eigenvalue weighted by molar-refractivity contribution is -0.113. The van der Waals surface area contributed by atoms with Gasteiger partial charge in [0.15, 0.2) is 11.5 Å². The molecule has 0 bridgehead atoms. The number of hydrogen-bond acceptors (Lipinski definition) is 4. The summed E-state index contributed by atoms with van der Waals surface area (Å²) in [5.41, 5.74) is 1.91. The number of thioether (sulfide) groups is 1. The normalized spacial score (nSPS) is 13.2. The number of amides is 1. The van der Waals surface area contributed by atoms with E-state index < -0.39 is 0 Å². The number of fused-ring (bicyclic) bond motifs is 1. The van der Waals surface area contributed by atoms with Crippen LogP contribution in [0.1, 0.15) is 12.0 Å². The Balaban J connectivity index is 1.52. The second-order valence-corrected chi connectivity index (χ2v) is 7.18. The highest BCUT2D eigenvalue weighted by molar-refractivity contribution is 9.10. The molecule has 3 rings (SSSR count). The molecule has 0 radical (unpaired) electrons. The van der Waals surface area contributed by atoms with E-state index in [1.807, 2.05) is 36.4 Å². The van der Waals surface area contributed by atoms with E-state index in [0.717, 1.165) is 28.1 Å². The minimum Gasteiger partial charge on any atom is -0.490 e. The predicted octanol–water partition coefficient (Wildman–Crippen LogP) is 4.48. The number of halogens is 1. The lowest BCUT2D eigenvalue weighted by Gasteiger charge is -2.10. The summed E-state index contributed by atoms with van der Waals surface area (Å²) in [5, 5.41) is 2.91. The van der Waals surface area contributed by atoms with Gasteiger partial charge in [-0.3, -0.25) is 4.79 Å². The van der Waals surface area contributed by atoms with E-state index in [0.29, 0.717) is 24.7 Å². The second-order valence-electron chi connectivity index (χ2n) is 5.34. The maximum Gasteiger partial charge on any atom is 0.234 e. The van der Waals surface area contributed by atoms with Crippen molar-refractivity contribution in [1.29, 1.82) is 0 Å². The van der Waals surface area contributed by atoms with Crippen LogP contribution in [0.5, 0.6) is 11.5 Å². The van der Waals surface area contributed by atoms with Crippen LogP contribution in [0, 0.1) is 0 Å². The first kappa shape index (κ1) is 17.2. The van der Waals surface area contributed by atoms with Gasteiger partial charge in [-0.2, -0.15) is 0 Å². The predicted molar refractivity (Wildman–Crippen MR) is 101 cm³/mol. The molecule has 24 heavy (non-hydrogen) atoms. The molecule has 126 valence electrons. The van der Waals surface area contributed by atoms with Crippen molar-refractivity contribution < 1.29 is 14.3 Å². The molecule has 1 aliphatic heterocycles. The van der Waals surface area contributed by atoms with E-state index >= 15 is 0 Å². The van der Waals surface area contributed by atoms with E-state index in [2.05, 4.69) is 27.3 Å². The van der Waals surface area contributed by atoms with Crippen molar-refractivity contribution in [1.82, 2.24) is 0 Å². The van der Waals surface area contributed by atoms with Crippen LogP contribution in [0.4, 0.5) is 5.69 Å². The van der Waals surface area contributed by atoms with Gasteiger partial charge in [0.1, 0.15) is 0 Å². The number of benzene rings is 2. The molecule has 0 fully saturated rings. The first-order valence-electron chi connectivity index (χ1n) is 7.73. The minimum absolute atomic E-state index is 0.0263. The third-order valence-corrected chi connectivity index (χ3v) is 5.23. The lowest BCUT2D eigenvalue weighted by atomic mass is 10.2. The molecule has 6 heteroatoms. The van der Waals surface area contributed by atoms with Gasteiger partial charge in [-0.15, -0.1) is 11.8 Å². The average Bonchev–Trinajstić information content (AvgIpc) is 2.81. The number of carbonyl (C=O) groups is 1. The van der Waals surface area contributed by atoms with Gasteiger partial charge < -0.3 is 14.8 Å². The SMILES string of the molecule is O=C(CSCc1ccccc1Br)Nc1ccc2c(c1)OCCCO2. The van der Waals surface area contributed by atoms with Crippen LogP contribution in [-0.2, 0) is 10.5 Å². The monoisotopic (exact) mass is 407 g/mol. The zero-order valence-electron chi connectivity index (χ0n) is 13.1. The van der Waals surface area contributed by atoms with Crippen molar-refractivity contribution >= 4 is 39.3 Å². The molecule has 4 nitrogen and oxygen atoms in total. The molecule has 0 spiro atoms. The van der Waals surface area contributed by atoms with Gasteiger partial charge in [-0.05, 0) is 23.8 Å². The molecule has 0 saturated heterocycles. The van der Waals surface area contributed by atoms with Gasteiger partial charge in [0.25, 0.3) is 0 Å². The summed E-state index contributed by atoms with van der Waals surface area (Å²) in [4.78, 5) is 12.1. The number of nitrogens with one attached hydrogen (secondary N) is 1. The molecular weight excluding hydrogens is 390 g/mol. The largest absolute Gasteiger partial charge is 0.490 e. The molecular formula is C18H18BrNO3S. The molecule has 2 aromatic rings. The summed E-state index contributed by atoms with van der Waals surface area (Å²) in [7, 11) is 0. The maximum absolute atomic E-state index is 12.1. The summed E-state index contributed by atoms with van der Waals surface area (Å²) in [6.45, 7) is 1.29. The Kier molecular flexibility index (Phi) is 6.04. The molecule has 0 aliphatic carbocycles. The van der Waals surface area contributed by atoms with Crippen LogP contribution >= 0.6 is 27.7 Å². The Morgan fingerprint density at radius 2 is 1.92 bits per heavy atom. The van der Waals surface area contributed by atoms with Crippen LogP contribution < -0.4 is 14.8 Å². The van der Waals surface area contributed by atoms with Crippen molar-refractivity contribution in [2.75, 3.05) is 24.3 Å². The Hall–Kier alpha value is -1.66. The topological polar surface area (TPSA) is 47.6 Å². The van der Waals surface area contributed by atoms with Crippen LogP contribution in [0.2, 0.25) is 0 Å². The van der Waals surface area contributed by atoms with Crippen LogP contribution in [-0.4, -0.2) is 24.9 Å². The highest BCUT2D eigenvalue weighted by Gasteiger charge is 2.12. The van der Waals surface area contributed by atoms with Gasteiger partial charge in [-0.1, -0.05) is 34.1 Å². The van der Waals surface area contributed by atoms with E-state index in [1.54, 1.807) is 11.8 Å². The second kappa shape index (κ2) is 8.44. The molecule has 1 amide bonds. The first-order chi connectivity index (χ1) is 11.7. The average molecular weight is 408 g/mol. The molecule has 2 aromatic carbocycles. The van der Waals surface area contributed by atoms with Crippen molar-refractivity contribution in [3.8, 4) is 11.5 Å². The third-order valence-electron chi connectivity index (χ3n) is 3.48. The van der Waals surface area contributed by atoms with Gasteiger partial charge in [0.05, 0.1) is 19.0 Å². The highest BCUT2D eigenvalue weighted by Crippen LogP contribution is 2.32. The van der Waals surface area contributed by atoms with Gasteiger partial charge >= 0.3 is 0 Å². The smallest absolute Gasteiger partial charge is 0.234 e. The number of ether oxygens (including phenoxy) is 2. The number of anilines is 1. The number of carbonyl (C=O) groups excluding carboxylic acids is 1. The summed E-state index contributed by atoms with van der Waals surface area (Å²) in [5.74, 6) is 2.58. The summed E-state index contributed by atoms with van der Waals surface area (Å²) in [6, 6.07) is 13.5. The Bertz CT molecular complexity index is 723. The molecule has 0 unspecified atom stereocenters.